The largest absolute Gasteiger partial charge is 0.327 e. The van der Waals surface area contributed by atoms with Crippen LogP contribution in [-0.4, -0.2) is 51.1 Å². The minimum Gasteiger partial charge on any atom is -0.327 e. The van der Waals surface area contributed by atoms with Crippen LogP contribution in [0, 0.1) is 11.8 Å². The number of rotatable bonds is 6. The summed E-state index contributed by atoms with van der Waals surface area (Å²) >= 11 is 0. The van der Waals surface area contributed by atoms with Crippen LogP contribution in [0.4, 0.5) is 11.4 Å². The first-order chi connectivity index (χ1) is 13.5. The monoisotopic (exact) mass is 388 g/mol. The molecule has 3 rings (SSSR count). The SMILES string of the molecule is CC1CC[NH+](CC(=O)Nc2ccc(NC(=O)C[NH+]3CCC(C)CC3)cc2)CC1. The van der Waals surface area contributed by atoms with Crippen LogP contribution in [0.25, 0.3) is 0 Å². The summed E-state index contributed by atoms with van der Waals surface area (Å²) in [5.41, 5.74) is 1.56. The van der Waals surface area contributed by atoms with E-state index in [4.69, 9.17) is 0 Å². The molecule has 2 saturated heterocycles. The van der Waals surface area contributed by atoms with Gasteiger partial charge in [-0.25, -0.2) is 0 Å². The number of anilines is 2. The normalized spacial score (nSPS) is 27.8. The number of carbonyl (C=O) groups is 2. The van der Waals surface area contributed by atoms with Gasteiger partial charge >= 0.3 is 0 Å². The van der Waals surface area contributed by atoms with Gasteiger partial charge in [0.25, 0.3) is 11.8 Å². The van der Waals surface area contributed by atoms with E-state index in [2.05, 4.69) is 24.5 Å². The van der Waals surface area contributed by atoms with Crippen LogP contribution in [0.1, 0.15) is 39.5 Å². The summed E-state index contributed by atoms with van der Waals surface area (Å²) in [4.78, 5) is 27.3. The van der Waals surface area contributed by atoms with Crippen molar-refractivity contribution in [1.82, 2.24) is 0 Å². The summed E-state index contributed by atoms with van der Waals surface area (Å²) in [5.74, 6) is 1.69. The smallest absolute Gasteiger partial charge is 0.279 e. The molecule has 154 valence electrons. The molecule has 2 aliphatic heterocycles. The van der Waals surface area contributed by atoms with Crippen LogP contribution < -0.4 is 20.4 Å². The molecule has 1 aromatic rings. The van der Waals surface area contributed by atoms with Gasteiger partial charge in [-0.3, -0.25) is 9.59 Å². The van der Waals surface area contributed by atoms with Crippen molar-refractivity contribution in [3.8, 4) is 0 Å². The van der Waals surface area contributed by atoms with E-state index in [0.29, 0.717) is 13.1 Å². The molecule has 0 unspecified atom stereocenters. The molecule has 0 bridgehead atoms. The molecular weight excluding hydrogens is 352 g/mol. The number of likely N-dealkylation sites (tertiary alicyclic amines) is 2. The lowest BCUT2D eigenvalue weighted by atomic mass is 9.99. The van der Waals surface area contributed by atoms with Gasteiger partial charge in [-0.2, -0.15) is 0 Å². The van der Waals surface area contributed by atoms with Gasteiger partial charge in [0.2, 0.25) is 0 Å². The lowest BCUT2D eigenvalue weighted by molar-refractivity contribution is -0.898. The van der Waals surface area contributed by atoms with Crippen LogP contribution in [0.3, 0.4) is 0 Å². The van der Waals surface area contributed by atoms with E-state index in [9.17, 15) is 9.59 Å². The fraction of sp³-hybridized carbons (Fsp3) is 0.636. The Bertz CT molecular complexity index is 588. The predicted octanol–water partition coefficient (Wildman–Crippen LogP) is 0.193. The van der Waals surface area contributed by atoms with Gasteiger partial charge < -0.3 is 20.4 Å². The first kappa shape index (κ1) is 20.8. The Morgan fingerprint density at radius 2 is 1.07 bits per heavy atom. The summed E-state index contributed by atoms with van der Waals surface area (Å²) in [7, 11) is 0. The van der Waals surface area contributed by atoms with Crippen molar-refractivity contribution in [2.75, 3.05) is 49.9 Å². The molecule has 6 heteroatoms. The average molecular weight is 389 g/mol. The molecule has 0 atom stereocenters. The highest BCUT2D eigenvalue weighted by molar-refractivity contribution is 5.93. The summed E-state index contributed by atoms with van der Waals surface area (Å²) in [6, 6.07) is 7.43. The highest BCUT2D eigenvalue weighted by atomic mass is 16.2. The van der Waals surface area contributed by atoms with Gasteiger partial charge in [-0.05, 0) is 61.8 Å². The van der Waals surface area contributed by atoms with Crippen LogP contribution in [-0.2, 0) is 9.59 Å². The molecule has 2 aliphatic rings. The molecule has 0 aliphatic carbocycles. The fourth-order valence-electron chi connectivity index (χ4n) is 4.20. The van der Waals surface area contributed by atoms with Crippen molar-refractivity contribution in [2.24, 2.45) is 11.8 Å². The Kier molecular flexibility index (Phi) is 7.45. The number of piperidine rings is 2. The Morgan fingerprint density at radius 3 is 1.39 bits per heavy atom. The maximum Gasteiger partial charge on any atom is 0.279 e. The van der Waals surface area contributed by atoms with Crippen molar-refractivity contribution >= 4 is 23.2 Å². The van der Waals surface area contributed by atoms with Crippen LogP contribution >= 0.6 is 0 Å². The molecule has 6 nitrogen and oxygen atoms in total. The molecule has 2 heterocycles. The molecule has 2 amide bonds. The lowest BCUT2D eigenvalue weighted by Crippen LogP contribution is -3.14. The van der Waals surface area contributed by atoms with E-state index >= 15 is 0 Å². The molecular formula is C22H36N4O2+2. The van der Waals surface area contributed by atoms with E-state index in [1.807, 2.05) is 24.3 Å². The first-order valence-corrected chi connectivity index (χ1v) is 10.8. The second-order valence-corrected chi connectivity index (χ2v) is 8.89. The van der Waals surface area contributed by atoms with E-state index in [1.54, 1.807) is 0 Å². The van der Waals surface area contributed by atoms with Crippen molar-refractivity contribution in [2.45, 2.75) is 39.5 Å². The van der Waals surface area contributed by atoms with Crippen molar-refractivity contribution in [3.63, 3.8) is 0 Å². The molecule has 28 heavy (non-hydrogen) atoms. The maximum absolute atomic E-state index is 12.3. The predicted molar refractivity (Wildman–Crippen MR) is 112 cm³/mol. The summed E-state index contributed by atoms with van der Waals surface area (Å²) in [5, 5.41) is 5.95. The number of quaternary nitrogens is 2. The van der Waals surface area contributed by atoms with Gasteiger partial charge in [0.1, 0.15) is 0 Å². The lowest BCUT2D eigenvalue weighted by Gasteiger charge is -2.26. The van der Waals surface area contributed by atoms with Crippen LogP contribution in [0.15, 0.2) is 24.3 Å². The van der Waals surface area contributed by atoms with Gasteiger partial charge in [0.05, 0.1) is 26.2 Å². The van der Waals surface area contributed by atoms with E-state index in [1.165, 1.54) is 35.5 Å². The number of nitrogens with one attached hydrogen (secondary N) is 4. The van der Waals surface area contributed by atoms with Crippen LogP contribution in [0.2, 0.25) is 0 Å². The zero-order chi connectivity index (χ0) is 19.9. The van der Waals surface area contributed by atoms with Gasteiger partial charge in [-0.15, -0.1) is 0 Å². The highest BCUT2D eigenvalue weighted by Gasteiger charge is 2.22. The maximum atomic E-state index is 12.3. The standard InChI is InChI=1S/C22H34N4O2/c1-17-7-11-25(12-8-17)15-21(27)23-19-3-5-20(6-4-19)24-22(28)16-26-13-9-18(2)10-14-26/h3-6,17-18H,7-16H2,1-2H3,(H,23,27)(H,24,28)/p+2. The Labute approximate surface area is 168 Å². The summed E-state index contributed by atoms with van der Waals surface area (Å²) in [6.45, 7) is 9.95. The third kappa shape index (κ3) is 6.60. The topological polar surface area (TPSA) is 67.1 Å². The number of amides is 2. The third-order valence-corrected chi connectivity index (χ3v) is 6.24. The van der Waals surface area contributed by atoms with E-state index in [0.717, 1.165) is 49.4 Å². The molecule has 4 N–H and O–H groups in total. The quantitative estimate of drug-likeness (QED) is 0.562. The number of hydrogen-bond acceptors (Lipinski definition) is 2. The minimum absolute atomic E-state index is 0.0595. The molecule has 0 spiro atoms. The Morgan fingerprint density at radius 1 is 0.750 bits per heavy atom. The van der Waals surface area contributed by atoms with Crippen molar-refractivity contribution in [1.29, 1.82) is 0 Å². The summed E-state index contributed by atoms with van der Waals surface area (Å²) in [6.07, 6.45) is 4.81. The zero-order valence-corrected chi connectivity index (χ0v) is 17.4. The van der Waals surface area contributed by atoms with Crippen molar-refractivity contribution in [3.05, 3.63) is 24.3 Å². The van der Waals surface area contributed by atoms with E-state index in [-0.39, 0.29) is 11.8 Å². The number of carbonyl (C=O) groups excluding carboxylic acids is 2. The number of benzene rings is 1. The Balaban J connectivity index is 1.40. The summed E-state index contributed by atoms with van der Waals surface area (Å²) < 4.78 is 0. The average Bonchev–Trinajstić information content (AvgIpc) is 2.67. The van der Waals surface area contributed by atoms with Crippen LogP contribution in [0.5, 0.6) is 0 Å². The molecule has 0 radical (unpaired) electrons. The van der Waals surface area contributed by atoms with Gasteiger partial charge in [0, 0.05) is 11.4 Å². The fourth-order valence-corrected chi connectivity index (χ4v) is 4.20. The van der Waals surface area contributed by atoms with E-state index < -0.39 is 0 Å². The zero-order valence-electron chi connectivity index (χ0n) is 17.4. The molecule has 2 fully saturated rings. The minimum atomic E-state index is 0.0595. The van der Waals surface area contributed by atoms with Crippen molar-refractivity contribution < 1.29 is 19.4 Å². The second-order valence-electron chi connectivity index (χ2n) is 8.89. The molecule has 0 saturated carbocycles. The third-order valence-electron chi connectivity index (χ3n) is 6.24. The Hall–Kier alpha value is -1.92. The first-order valence-electron chi connectivity index (χ1n) is 10.8. The second kappa shape index (κ2) is 10.0. The van der Waals surface area contributed by atoms with Gasteiger partial charge in [-0.1, -0.05) is 13.8 Å². The molecule has 1 aromatic carbocycles. The number of hydrogen-bond donors (Lipinski definition) is 4. The van der Waals surface area contributed by atoms with Gasteiger partial charge in [0.15, 0.2) is 13.1 Å². The highest BCUT2D eigenvalue weighted by Crippen LogP contribution is 2.13. The molecule has 0 aromatic heterocycles.